The standard InChI is InChI=1S/C8H17BN2/c1-2-6-10(5-1)9-11-7-3-4-8-11/h9H,1-8H2. The van der Waals surface area contributed by atoms with Crippen molar-refractivity contribution in [2.45, 2.75) is 25.7 Å². The Morgan fingerprint density at radius 1 is 0.636 bits per heavy atom. The first-order valence-electron chi connectivity index (χ1n) is 4.90. The van der Waals surface area contributed by atoms with Crippen molar-refractivity contribution in [3.63, 3.8) is 0 Å². The first-order valence-corrected chi connectivity index (χ1v) is 4.90. The molecule has 0 radical (unpaired) electrons. The molecular weight excluding hydrogens is 135 g/mol. The van der Waals surface area contributed by atoms with Crippen LogP contribution in [-0.2, 0) is 0 Å². The Labute approximate surface area is 69.8 Å². The summed E-state index contributed by atoms with van der Waals surface area (Å²) in [4.78, 5) is 5.18. The molecule has 0 spiro atoms. The number of rotatable bonds is 2. The van der Waals surface area contributed by atoms with Gasteiger partial charge in [-0.25, -0.2) is 0 Å². The third-order valence-electron chi connectivity index (χ3n) is 2.80. The quantitative estimate of drug-likeness (QED) is 0.530. The van der Waals surface area contributed by atoms with Crippen molar-refractivity contribution in [1.29, 1.82) is 0 Å². The highest BCUT2D eigenvalue weighted by Crippen LogP contribution is 2.10. The SMILES string of the molecule is B(N1CCCC1)N1CCCC1. The van der Waals surface area contributed by atoms with Crippen molar-refractivity contribution in [1.82, 2.24) is 9.62 Å². The van der Waals surface area contributed by atoms with Crippen molar-refractivity contribution in [2.24, 2.45) is 0 Å². The van der Waals surface area contributed by atoms with E-state index in [1.165, 1.54) is 59.4 Å². The Kier molecular flexibility index (Phi) is 2.49. The summed E-state index contributed by atoms with van der Waals surface area (Å²) >= 11 is 0. The summed E-state index contributed by atoms with van der Waals surface area (Å²) in [6, 6.07) is 0. The predicted molar refractivity (Wildman–Crippen MR) is 48.8 cm³/mol. The summed E-state index contributed by atoms with van der Waals surface area (Å²) < 4.78 is 0. The van der Waals surface area contributed by atoms with Crippen LogP contribution in [0.15, 0.2) is 0 Å². The third kappa shape index (κ3) is 1.97. The Morgan fingerprint density at radius 2 is 1.00 bits per heavy atom. The summed E-state index contributed by atoms with van der Waals surface area (Å²) in [5, 5.41) is 0. The molecule has 11 heavy (non-hydrogen) atoms. The van der Waals surface area contributed by atoms with E-state index < -0.39 is 0 Å². The van der Waals surface area contributed by atoms with Crippen LogP contribution in [0, 0.1) is 0 Å². The molecule has 0 aromatic carbocycles. The molecule has 0 aromatic rings. The van der Waals surface area contributed by atoms with E-state index in [2.05, 4.69) is 9.62 Å². The van der Waals surface area contributed by atoms with Crippen LogP contribution in [-0.4, -0.2) is 43.4 Å². The maximum Gasteiger partial charge on any atom is 0.291 e. The molecule has 0 saturated carbocycles. The molecule has 2 saturated heterocycles. The molecule has 0 bridgehead atoms. The molecule has 0 N–H and O–H groups in total. The monoisotopic (exact) mass is 152 g/mol. The summed E-state index contributed by atoms with van der Waals surface area (Å²) in [6.45, 7) is 5.38. The molecule has 0 atom stereocenters. The molecule has 2 rings (SSSR count). The largest absolute Gasteiger partial charge is 0.331 e. The second-order valence-corrected chi connectivity index (χ2v) is 3.79. The van der Waals surface area contributed by atoms with Crippen LogP contribution < -0.4 is 0 Å². The summed E-state index contributed by atoms with van der Waals surface area (Å²) in [5.41, 5.74) is 0. The zero-order valence-corrected chi connectivity index (χ0v) is 7.26. The van der Waals surface area contributed by atoms with Crippen LogP contribution in [0.1, 0.15) is 25.7 Å². The van der Waals surface area contributed by atoms with Gasteiger partial charge < -0.3 is 9.62 Å². The van der Waals surface area contributed by atoms with E-state index >= 15 is 0 Å². The van der Waals surface area contributed by atoms with Crippen molar-refractivity contribution < 1.29 is 0 Å². The molecule has 2 aliphatic rings. The summed E-state index contributed by atoms with van der Waals surface area (Å²) in [7, 11) is 1.25. The Bertz CT molecular complexity index is 103. The summed E-state index contributed by atoms with van der Waals surface area (Å²) in [6.07, 6.45) is 5.70. The van der Waals surface area contributed by atoms with Crippen LogP contribution >= 0.6 is 0 Å². The lowest BCUT2D eigenvalue weighted by molar-refractivity contribution is 0.451. The van der Waals surface area contributed by atoms with Gasteiger partial charge in [0.05, 0.1) is 0 Å². The van der Waals surface area contributed by atoms with Gasteiger partial charge in [0.1, 0.15) is 0 Å². The van der Waals surface area contributed by atoms with E-state index in [4.69, 9.17) is 0 Å². The first kappa shape index (κ1) is 7.62. The molecule has 2 nitrogen and oxygen atoms in total. The van der Waals surface area contributed by atoms with Crippen LogP contribution in [0.3, 0.4) is 0 Å². The third-order valence-corrected chi connectivity index (χ3v) is 2.80. The van der Waals surface area contributed by atoms with Gasteiger partial charge in [0, 0.05) is 0 Å². The van der Waals surface area contributed by atoms with E-state index in [1.807, 2.05) is 0 Å². The van der Waals surface area contributed by atoms with E-state index in [1.54, 1.807) is 0 Å². The Balaban J connectivity index is 1.71. The average molecular weight is 152 g/mol. The molecule has 0 amide bonds. The number of hydrogen-bond donors (Lipinski definition) is 0. The highest BCUT2D eigenvalue weighted by atomic mass is 15.2. The molecular formula is C8H17BN2. The molecule has 3 heteroatoms. The maximum absolute atomic E-state index is 2.59. The zero-order valence-electron chi connectivity index (χ0n) is 7.26. The Morgan fingerprint density at radius 3 is 1.36 bits per heavy atom. The van der Waals surface area contributed by atoms with Crippen LogP contribution in [0.2, 0.25) is 0 Å². The topological polar surface area (TPSA) is 6.48 Å². The van der Waals surface area contributed by atoms with Crippen molar-refractivity contribution >= 4 is 7.55 Å². The lowest BCUT2D eigenvalue weighted by Gasteiger charge is -2.20. The normalized spacial score (nSPS) is 28.0. The van der Waals surface area contributed by atoms with Gasteiger partial charge in [-0.05, 0) is 51.9 Å². The van der Waals surface area contributed by atoms with Gasteiger partial charge in [-0.15, -0.1) is 0 Å². The van der Waals surface area contributed by atoms with Crippen molar-refractivity contribution in [3.05, 3.63) is 0 Å². The maximum atomic E-state index is 2.59. The highest BCUT2D eigenvalue weighted by Gasteiger charge is 2.19. The smallest absolute Gasteiger partial charge is 0.291 e. The average Bonchev–Trinajstić information content (AvgIpc) is 2.60. The van der Waals surface area contributed by atoms with Gasteiger partial charge in [0.15, 0.2) is 0 Å². The fourth-order valence-electron chi connectivity index (χ4n) is 2.13. The van der Waals surface area contributed by atoms with Gasteiger partial charge in [-0.1, -0.05) is 0 Å². The molecule has 2 fully saturated rings. The van der Waals surface area contributed by atoms with Crippen molar-refractivity contribution in [3.8, 4) is 0 Å². The van der Waals surface area contributed by atoms with E-state index in [-0.39, 0.29) is 0 Å². The lowest BCUT2D eigenvalue weighted by Crippen LogP contribution is -2.38. The minimum atomic E-state index is 1.25. The molecule has 0 unspecified atom stereocenters. The predicted octanol–water partition coefficient (Wildman–Crippen LogP) is 0.444. The van der Waals surface area contributed by atoms with Gasteiger partial charge in [-0.2, -0.15) is 0 Å². The number of hydrogen-bond acceptors (Lipinski definition) is 2. The second kappa shape index (κ2) is 3.59. The highest BCUT2D eigenvalue weighted by molar-refractivity contribution is 6.28. The van der Waals surface area contributed by atoms with Crippen molar-refractivity contribution in [2.75, 3.05) is 26.2 Å². The van der Waals surface area contributed by atoms with Crippen LogP contribution in [0.4, 0.5) is 0 Å². The zero-order chi connectivity index (χ0) is 7.52. The minimum absolute atomic E-state index is 1.25. The molecule has 2 aliphatic heterocycles. The van der Waals surface area contributed by atoms with Gasteiger partial charge in [-0.3, -0.25) is 0 Å². The lowest BCUT2D eigenvalue weighted by atomic mass is 10.1. The van der Waals surface area contributed by atoms with Crippen LogP contribution in [0.5, 0.6) is 0 Å². The van der Waals surface area contributed by atoms with Gasteiger partial charge >= 0.3 is 0 Å². The molecule has 0 aromatic heterocycles. The fraction of sp³-hybridized carbons (Fsp3) is 1.00. The second-order valence-electron chi connectivity index (χ2n) is 3.79. The van der Waals surface area contributed by atoms with E-state index in [0.717, 1.165) is 0 Å². The van der Waals surface area contributed by atoms with Gasteiger partial charge in [0.25, 0.3) is 7.55 Å². The van der Waals surface area contributed by atoms with Crippen LogP contribution in [0.25, 0.3) is 0 Å². The summed E-state index contributed by atoms with van der Waals surface area (Å²) in [5.74, 6) is 0. The molecule has 2 heterocycles. The fourth-order valence-corrected chi connectivity index (χ4v) is 2.13. The molecule has 62 valence electrons. The minimum Gasteiger partial charge on any atom is -0.331 e. The van der Waals surface area contributed by atoms with Gasteiger partial charge in [0.2, 0.25) is 0 Å². The number of nitrogens with zero attached hydrogens (tertiary/aromatic N) is 2. The first-order chi connectivity index (χ1) is 5.45. The Hall–Kier alpha value is -0.0151. The van der Waals surface area contributed by atoms with E-state index in [0.29, 0.717) is 0 Å². The molecule has 0 aliphatic carbocycles. The van der Waals surface area contributed by atoms with E-state index in [9.17, 15) is 0 Å².